The Morgan fingerprint density at radius 3 is 2.68 bits per heavy atom. The topological polar surface area (TPSA) is 68.2 Å². The number of nitrogens with zero attached hydrogens (tertiary/aromatic N) is 2. The number of esters is 1. The van der Waals surface area contributed by atoms with E-state index >= 15 is 0 Å². The standard InChI is InChI=1S/C24H20ClFN4O2S2/c1-14-20(15-7-4-3-5-8-15)21(23(31)32-2)22(34-14)29-24(33)28-16-11-27-30(12-16)13-17-18(25)9-6-10-19(17)26/h3-12H,13H2,1-2H3,(H2,28,29,33). The number of hydrogen-bond donors (Lipinski definition) is 2. The molecule has 10 heteroatoms. The second-order valence-electron chi connectivity index (χ2n) is 7.30. The van der Waals surface area contributed by atoms with Crippen molar-refractivity contribution in [3.05, 3.63) is 87.8 Å². The maximum Gasteiger partial charge on any atom is 0.341 e. The number of halogens is 2. The van der Waals surface area contributed by atoms with Gasteiger partial charge in [0.15, 0.2) is 5.11 Å². The van der Waals surface area contributed by atoms with Crippen LogP contribution in [0.2, 0.25) is 5.02 Å². The van der Waals surface area contributed by atoms with Crippen molar-refractivity contribution >= 4 is 56.9 Å². The molecule has 0 amide bonds. The number of carbonyl (C=O) groups excluding carboxylic acids is 1. The Morgan fingerprint density at radius 1 is 1.21 bits per heavy atom. The number of aromatic nitrogens is 2. The van der Waals surface area contributed by atoms with Crippen molar-refractivity contribution in [1.82, 2.24) is 9.78 Å². The Bertz CT molecular complexity index is 1330. The van der Waals surface area contributed by atoms with Crippen LogP contribution in [0.25, 0.3) is 11.1 Å². The fourth-order valence-corrected chi connectivity index (χ4v) is 5.08. The van der Waals surface area contributed by atoms with Crippen molar-refractivity contribution < 1.29 is 13.9 Å². The predicted octanol–water partition coefficient (Wildman–Crippen LogP) is 6.36. The predicted molar refractivity (Wildman–Crippen MR) is 138 cm³/mol. The van der Waals surface area contributed by atoms with Crippen LogP contribution in [0.1, 0.15) is 20.8 Å². The third kappa shape index (κ3) is 5.11. The van der Waals surface area contributed by atoms with Crippen molar-refractivity contribution in [2.75, 3.05) is 17.7 Å². The second-order valence-corrected chi connectivity index (χ2v) is 9.34. The van der Waals surface area contributed by atoms with E-state index in [4.69, 9.17) is 28.6 Å². The molecule has 6 nitrogen and oxygen atoms in total. The van der Waals surface area contributed by atoms with E-state index in [0.29, 0.717) is 26.8 Å². The molecule has 0 saturated heterocycles. The van der Waals surface area contributed by atoms with Gasteiger partial charge in [0, 0.05) is 27.2 Å². The molecule has 0 aliphatic carbocycles. The lowest BCUT2D eigenvalue weighted by Crippen LogP contribution is -2.19. The molecule has 2 N–H and O–H groups in total. The van der Waals surface area contributed by atoms with Gasteiger partial charge in [-0.3, -0.25) is 4.68 Å². The first-order valence-corrected chi connectivity index (χ1v) is 11.8. The van der Waals surface area contributed by atoms with E-state index in [1.165, 1.54) is 24.5 Å². The smallest absolute Gasteiger partial charge is 0.341 e. The number of benzene rings is 2. The summed E-state index contributed by atoms with van der Waals surface area (Å²) in [5.74, 6) is -0.851. The zero-order valence-electron chi connectivity index (χ0n) is 18.3. The van der Waals surface area contributed by atoms with Gasteiger partial charge in [-0.25, -0.2) is 9.18 Å². The minimum atomic E-state index is -0.455. The maximum absolute atomic E-state index is 14.1. The highest BCUT2D eigenvalue weighted by atomic mass is 35.5. The van der Waals surface area contributed by atoms with E-state index in [1.807, 2.05) is 37.3 Å². The van der Waals surface area contributed by atoms with Crippen molar-refractivity contribution in [3.8, 4) is 11.1 Å². The van der Waals surface area contributed by atoms with Crippen molar-refractivity contribution in [2.45, 2.75) is 13.5 Å². The van der Waals surface area contributed by atoms with Gasteiger partial charge < -0.3 is 15.4 Å². The summed E-state index contributed by atoms with van der Waals surface area (Å²) in [6.45, 7) is 2.11. The van der Waals surface area contributed by atoms with Crippen LogP contribution in [0.3, 0.4) is 0 Å². The van der Waals surface area contributed by atoms with E-state index in [1.54, 1.807) is 29.2 Å². The number of ether oxygens (including phenoxy) is 1. The first-order chi connectivity index (χ1) is 16.4. The Kier molecular flexibility index (Phi) is 7.26. The molecule has 4 aromatic rings. The SMILES string of the molecule is COC(=O)c1c(NC(=S)Nc2cnn(Cc3c(F)cccc3Cl)c2)sc(C)c1-c1ccccc1. The summed E-state index contributed by atoms with van der Waals surface area (Å²) in [5.41, 5.74) is 3.09. The minimum absolute atomic E-state index is 0.171. The molecule has 0 unspecified atom stereocenters. The van der Waals surface area contributed by atoms with Crippen LogP contribution in [0.4, 0.5) is 15.1 Å². The lowest BCUT2D eigenvalue weighted by Gasteiger charge is -2.10. The molecule has 0 atom stereocenters. The number of aryl methyl sites for hydroxylation is 1. The first kappa shape index (κ1) is 23.9. The normalized spacial score (nSPS) is 10.7. The fraction of sp³-hybridized carbons (Fsp3) is 0.125. The Labute approximate surface area is 210 Å². The first-order valence-electron chi connectivity index (χ1n) is 10.2. The van der Waals surface area contributed by atoms with Crippen molar-refractivity contribution in [2.24, 2.45) is 0 Å². The molecule has 4 rings (SSSR count). The van der Waals surface area contributed by atoms with Crippen LogP contribution in [-0.4, -0.2) is 28.0 Å². The molecule has 0 spiro atoms. The number of nitrogens with one attached hydrogen (secondary N) is 2. The van der Waals surface area contributed by atoms with E-state index in [9.17, 15) is 9.18 Å². The van der Waals surface area contributed by atoms with Crippen LogP contribution in [0, 0.1) is 12.7 Å². The summed E-state index contributed by atoms with van der Waals surface area (Å²) in [5, 5.41) is 11.6. The van der Waals surface area contributed by atoms with Gasteiger partial charge in [-0.15, -0.1) is 11.3 Å². The van der Waals surface area contributed by atoms with Crippen molar-refractivity contribution in [3.63, 3.8) is 0 Å². The number of methoxy groups -OCH3 is 1. The van der Waals surface area contributed by atoms with Gasteiger partial charge in [-0.05, 0) is 36.8 Å². The van der Waals surface area contributed by atoms with Gasteiger partial charge in [-0.1, -0.05) is 48.0 Å². The molecule has 34 heavy (non-hydrogen) atoms. The largest absolute Gasteiger partial charge is 0.465 e. The molecule has 0 radical (unpaired) electrons. The highest BCUT2D eigenvalue weighted by Crippen LogP contribution is 2.40. The molecule has 0 fully saturated rings. The van der Waals surface area contributed by atoms with Crippen LogP contribution in [-0.2, 0) is 11.3 Å². The molecular formula is C24H20ClFN4O2S2. The summed E-state index contributed by atoms with van der Waals surface area (Å²) < 4.78 is 20.7. The Morgan fingerprint density at radius 2 is 1.97 bits per heavy atom. The second kappa shape index (κ2) is 10.3. The average molecular weight is 515 g/mol. The van der Waals surface area contributed by atoms with Crippen LogP contribution in [0.5, 0.6) is 0 Å². The summed E-state index contributed by atoms with van der Waals surface area (Å²) in [6, 6.07) is 14.2. The fourth-order valence-electron chi connectivity index (χ4n) is 3.51. The number of hydrogen-bond acceptors (Lipinski definition) is 5. The third-order valence-corrected chi connectivity index (χ3v) is 6.62. The molecule has 174 valence electrons. The van der Waals surface area contributed by atoms with Gasteiger partial charge in [0.05, 0.1) is 25.5 Å². The van der Waals surface area contributed by atoms with Gasteiger partial charge >= 0.3 is 5.97 Å². The maximum atomic E-state index is 14.1. The summed E-state index contributed by atoms with van der Waals surface area (Å²) >= 11 is 13.0. The average Bonchev–Trinajstić information content (AvgIpc) is 3.39. The lowest BCUT2D eigenvalue weighted by molar-refractivity contribution is 0.0603. The Balaban J connectivity index is 1.52. The Hall–Kier alpha value is -3.27. The lowest BCUT2D eigenvalue weighted by atomic mass is 10.0. The molecule has 0 aliphatic rings. The van der Waals surface area contributed by atoms with E-state index in [-0.39, 0.29) is 11.7 Å². The number of rotatable bonds is 6. The third-order valence-electron chi connectivity index (χ3n) is 5.04. The minimum Gasteiger partial charge on any atom is -0.465 e. The van der Waals surface area contributed by atoms with Gasteiger partial charge in [0.2, 0.25) is 0 Å². The summed E-state index contributed by atoms with van der Waals surface area (Å²) in [6.07, 6.45) is 3.26. The van der Waals surface area contributed by atoms with Crippen LogP contribution >= 0.6 is 35.2 Å². The van der Waals surface area contributed by atoms with E-state index in [2.05, 4.69) is 15.7 Å². The quantitative estimate of drug-likeness (QED) is 0.230. The zero-order chi connectivity index (χ0) is 24.2. The van der Waals surface area contributed by atoms with E-state index in [0.717, 1.165) is 16.0 Å². The zero-order valence-corrected chi connectivity index (χ0v) is 20.7. The molecule has 2 aromatic heterocycles. The molecule has 0 saturated carbocycles. The van der Waals surface area contributed by atoms with Gasteiger partial charge in [0.1, 0.15) is 16.4 Å². The molecule has 0 bridgehead atoms. The van der Waals surface area contributed by atoms with E-state index < -0.39 is 11.8 Å². The number of thiocarbonyl (C=S) groups is 1. The number of anilines is 2. The van der Waals surface area contributed by atoms with Gasteiger partial charge in [0.25, 0.3) is 0 Å². The monoisotopic (exact) mass is 514 g/mol. The molecule has 2 aromatic carbocycles. The van der Waals surface area contributed by atoms with Crippen LogP contribution in [0.15, 0.2) is 60.9 Å². The number of thiophene rings is 1. The van der Waals surface area contributed by atoms with Gasteiger partial charge in [-0.2, -0.15) is 5.10 Å². The highest BCUT2D eigenvalue weighted by Gasteiger charge is 2.24. The van der Waals surface area contributed by atoms with Crippen LogP contribution < -0.4 is 10.6 Å². The molecule has 2 heterocycles. The van der Waals surface area contributed by atoms with Crippen molar-refractivity contribution in [1.29, 1.82) is 0 Å². The summed E-state index contributed by atoms with van der Waals surface area (Å²) in [4.78, 5) is 13.6. The molecular weight excluding hydrogens is 495 g/mol. The molecule has 0 aliphatic heterocycles. The number of carbonyl (C=O) groups is 1. The summed E-state index contributed by atoms with van der Waals surface area (Å²) in [7, 11) is 1.35. The highest BCUT2D eigenvalue weighted by molar-refractivity contribution is 7.80.